The van der Waals surface area contributed by atoms with Crippen LogP contribution in [0, 0.1) is 6.92 Å². The molecule has 1 radical (unpaired) electrons. The van der Waals surface area contributed by atoms with E-state index in [9.17, 15) is 0 Å². The van der Waals surface area contributed by atoms with Crippen molar-refractivity contribution in [2.24, 2.45) is 0 Å². The summed E-state index contributed by atoms with van der Waals surface area (Å²) >= 11 is 2.07. The lowest BCUT2D eigenvalue weighted by Gasteiger charge is -2.02. The molecule has 0 bridgehead atoms. The summed E-state index contributed by atoms with van der Waals surface area (Å²) in [7, 11) is 0. The first-order valence-electron chi connectivity index (χ1n) is 7.28. The van der Waals surface area contributed by atoms with Crippen LogP contribution in [0.25, 0.3) is 0 Å². The minimum atomic E-state index is 1.09. The monoisotopic (exact) mass is 243 g/mol. The quantitative estimate of drug-likeness (QED) is 0.365. The fourth-order valence-corrected chi connectivity index (χ4v) is 2.71. The van der Waals surface area contributed by atoms with E-state index in [1.807, 2.05) is 0 Å². The van der Waals surface area contributed by atoms with E-state index in [2.05, 4.69) is 25.6 Å². The predicted molar refractivity (Wildman–Crippen MR) is 79.1 cm³/mol. The highest BCUT2D eigenvalue weighted by Crippen LogP contribution is 2.12. The van der Waals surface area contributed by atoms with Gasteiger partial charge in [0.15, 0.2) is 0 Å². The third-order valence-electron chi connectivity index (χ3n) is 2.93. The van der Waals surface area contributed by atoms with Crippen LogP contribution in [0.4, 0.5) is 0 Å². The predicted octanol–water partition coefficient (Wildman–Crippen LogP) is 5.86. The molecular weight excluding hydrogens is 212 g/mol. The van der Waals surface area contributed by atoms with E-state index in [4.69, 9.17) is 0 Å². The molecule has 0 saturated carbocycles. The summed E-state index contributed by atoms with van der Waals surface area (Å²) in [6.45, 7) is 6.14. The van der Waals surface area contributed by atoms with E-state index in [0.717, 1.165) is 6.42 Å². The van der Waals surface area contributed by atoms with Crippen molar-refractivity contribution in [2.75, 3.05) is 11.5 Å². The molecule has 0 N–H and O–H groups in total. The standard InChI is InChI=1S/C15H31S/c1-3-5-6-7-8-9-10-11-12-13-15-16-14-4-2/h2-15H2,1H3. The lowest BCUT2D eigenvalue weighted by atomic mass is 10.1. The van der Waals surface area contributed by atoms with Crippen LogP contribution in [-0.4, -0.2) is 11.5 Å². The molecule has 1 heteroatoms. The summed E-state index contributed by atoms with van der Waals surface area (Å²) in [6, 6.07) is 0. The van der Waals surface area contributed by atoms with Gasteiger partial charge in [-0.1, -0.05) is 71.6 Å². The molecule has 0 aromatic rings. The second-order valence-electron chi connectivity index (χ2n) is 4.65. The van der Waals surface area contributed by atoms with E-state index in [0.29, 0.717) is 0 Å². The van der Waals surface area contributed by atoms with Crippen LogP contribution in [-0.2, 0) is 0 Å². The summed E-state index contributed by atoms with van der Waals surface area (Å²) in [5.41, 5.74) is 0. The zero-order valence-electron chi connectivity index (χ0n) is 11.3. The Morgan fingerprint density at radius 3 is 1.69 bits per heavy atom. The molecule has 97 valence electrons. The van der Waals surface area contributed by atoms with Crippen LogP contribution in [0.5, 0.6) is 0 Å². The van der Waals surface area contributed by atoms with Crippen LogP contribution in [0.15, 0.2) is 0 Å². The van der Waals surface area contributed by atoms with Gasteiger partial charge in [-0.3, -0.25) is 0 Å². The lowest BCUT2D eigenvalue weighted by molar-refractivity contribution is 0.563. The van der Waals surface area contributed by atoms with Crippen molar-refractivity contribution >= 4 is 11.8 Å². The van der Waals surface area contributed by atoms with Crippen LogP contribution >= 0.6 is 11.8 Å². The topological polar surface area (TPSA) is 0 Å². The van der Waals surface area contributed by atoms with Gasteiger partial charge in [-0.2, -0.15) is 11.8 Å². The third kappa shape index (κ3) is 14.4. The van der Waals surface area contributed by atoms with Gasteiger partial charge in [-0.25, -0.2) is 0 Å². The van der Waals surface area contributed by atoms with E-state index in [1.165, 1.54) is 75.7 Å². The SMILES string of the molecule is [CH2]CCSCCCCCCCCCCCC. The first-order valence-corrected chi connectivity index (χ1v) is 8.44. The Balaban J connectivity index is 2.83. The Kier molecular flexibility index (Phi) is 15.7. The Bertz CT molecular complexity index is 98.0. The zero-order valence-corrected chi connectivity index (χ0v) is 12.1. The Morgan fingerprint density at radius 1 is 0.688 bits per heavy atom. The molecule has 0 amide bonds. The Hall–Kier alpha value is 0.350. The van der Waals surface area contributed by atoms with Gasteiger partial charge in [0, 0.05) is 0 Å². The van der Waals surface area contributed by atoms with Crippen LogP contribution < -0.4 is 0 Å². The molecule has 0 atom stereocenters. The minimum absolute atomic E-state index is 1.09. The summed E-state index contributed by atoms with van der Waals surface area (Å²) < 4.78 is 0. The molecular formula is C15H31S. The molecule has 16 heavy (non-hydrogen) atoms. The molecule has 0 aliphatic heterocycles. The first kappa shape index (κ1) is 16.4. The molecule has 0 aromatic heterocycles. The molecule has 0 nitrogen and oxygen atoms in total. The van der Waals surface area contributed by atoms with Crippen molar-refractivity contribution in [3.05, 3.63) is 6.92 Å². The highest BCUT2D eigenvalue weighted by atomic mass is 32.2. The Labute approximate surface area is 108 Å². The van der Waals surface area contributed by atoms with Crippen molar-refractivity contribution in [1.82, 2.24) is 0 Å². The molecule has 0 heterocycles. The van der Waals surface area contributed by atoms with Gasteiger partial charge in [0.25, 0.3) is 0 Å². The zero-order chi connectivity index (χ0) is 11.9. The van der Waals surface area contributed by atoms with E-state index in [-0.39, 0.29) is 0 Å². The molecule has 0 aromatic carbocycles. The van der Waals surface area contributed by atoms with Crippen molar-refractivity contribution in [3.8, 4) is 0 Å². The smallest absolute Gasteiger partial charge is 0.00675 e. The van der Waals surface area contributed by atoms with Gasteiger partial charge in [0.2, 0.25) is 0 Å². The third-order valence-corrected chi connectivity index (χ3v) is 4.09. The van der Waals surface area contributed by atoms with Gasteiger partial charge < -0.3 is 0 Å². The van der Waals surface area contributed by atoms with Crippen molar-refractivity contribution in [2.45, 2.75) is 77.6 Å². The molecule has 0 aliphatic rings. The van der Waals surface area contributed by atoms with Crippen LogP contribution in [0.1, 0.15) is 77.6 Å². The van der Waals surface area contributed by atoms with E-state index < -0.39 is 0 Å². The molecule has 0 unspecified atom stereocenters. The Morgan fingerprint density at radius 2 is 1.19 bits per heavy atom. The number of hydrogen-bond donors (Lipinski definition) is 0. The highest BCUT2D eigenvalue weighted by molar-refractivity contribution is 7.99. The average molecular weight is 243 g/mol. The fraction of sp³-hybridized carbons (Fsp3) is 0.933. The summed E-state index contributed by atoms with van der Waals surface area (Å²) in [6.07, 6.45) is 15.5. The van der Waals surface area contributed by atoms with Gasteiger partial charge >= 0.3 is 0 Å². The molecule has 0 spiro atoms. The normalized spacial score (nSPS) is 10.9. The summed E-state index contributed by atoms with van der Waals surface area (Å²) in [5.74, 6) is 2.60. The number of unbranched alkanes of at least 4 members (excludes halogenated alkanes) is 9. The van der Waals surface area contributed by atoms with Crippen molar-refractivity contribution < 1.29 is 0 Å². The van der Waals surface area contributed by atoms with Crippen LogP contribution in [0.2, 0.25) is 0 Å². The number of thioether (sulfide) groups is 1. The molecule has 0 fully saturated rings. The molecule has 0 rings (SSSR count). The highest BCUT2D eigenvalue weighted by Gasteiger charge is 1.92. The van der Waals surface area contributed by atoms with Gasteiger partial charge in [-0.15, -0.1) is 0 Å². The van der Waals surface area contributed by atoms with E-state index >= 15 is 0 Å². The second kappa shape index (κ2) is 15.4. The van der Waals surface area contributed by atoms with Crippen molar-refractivity contribution in [1.29, 1.82) is 0 Å². The average Bonchev–Trinajstić information content (AvgIpc) is 2.31. The molecule has 0 aliphatic carbocycles. The first-order chi connectivity index (χ1) is 7.91. The maximum atomic E-state index is 3.85. The fourth-order valence-electron chi connectivity index (χ4n) is 1.90. The number of rotatable bonds is 13. The van der Waals surface area contributed by atoms with Gasteiger partial charge in [-0.05, 0) is 24.3 Å². The van der Waals surface area contributed by atoms with Crippen molar-refractivity contribution in [3.63, 3.8) is 0 Å². The lowest BCUT2D eigenvalue weighted by Crippen LogP contribution is -1.85. The maximum absolute atomic E-state index is 3.85. The van der Waals surface area contributed by atoms with Gasteiger partial charge in [0.05, 0.1) is 0 Å². The summed E-state index contributed by atoms with van der Waals surface area (Å²) in [4.78, 5) is 0. The van der Waals surface area contributed by atoms with Gasteiger partial charge in [0.1, 0.15) is 0 Å². The number of hydrogen-bond acceptors (Lipinski definition) is 1. The molecule has 0 saturated heterocycles. The van der Waals surface area contributed by atoms with Crippen LogP contribution in [0.3, 0.4) is 0 Å². The largest absolute Gasteiger partial charge is 0.162 e. The maximum Gasteiger partial charge on any atom is -0.00675 e. The minimum Gasteiger partial charge on any atom is -0.162 e. The summed E-state index contributed by atoms with van der Waals surface area (Å²) in [5, 5.41) is 0. The van der Waals surface area contributed by atoms with E-state index in [1.54, 1.807) is 0 Å². The second-order valence-corrected chi connectivity index (χ2v) is 5.87.